The lowest BCUT2D eigenvalue weighted by atomic mass is 10.1. The largest absolute Gasteiger partial charge is 0.495 e. The van der Waals surface area contributed by atoms with Gasteiger partial charge in [-0.2, -0.15) is 0 Å². The number of hydrogen-bond donors (Lipinski definition) is 0. The molecule has 0 aromatic heterocycles. The zero-order valence-electron chi connectivity index (χ0n) is 16.9. The Bertz CT molecular complexity index is 993. The third kappa shape index (κ3) is 4.82. The van der Waals surface area contributed by atoms with Crippen molar-refractivity contribution in [2.45, 2.75) is 20.3 Å². The second-order valence-corrected chi connectivity index (χ2v) is 8.83. The number of thiocarbonyl (C=S) groups is 1. The first kappa shape index (κ1) is 22.7. The van der Waals surface area contributed by atoms with Crippen LogP contribution in [0.25, 0.3) is 6.08 Å². The summed E-state index contributed by atoms with van der Waals surface area (Å²) in [6.45, 7) is 5.07. The number of methoxy groups -OCH3 is 1. The van der Waals surface area contributed by atoms with Gasteiger partial charge in [0.1, 0.15) is 5.75 Å². The first-order chi connectivity index (χ1) is 14.5. The molecule has 1 saturated heterocycles. The number of anilines is 1. The van der Waals surface area contributed by atoms with Crippen molar-refractivity contribution in [2.75, 3.05) is 25.2 Å². The van der Waals surface area contributed by atoms with Gasteiger partial charge < -0.3 is 14.2 Å². The number of thioether (sulfide) groups is 1. The van der Waals surface area contributed by atoms with E-state index in [-0.39, 0.29) is 5.91 Å². The second kappa shape index (κ2) is 10.3. The van der Waals surface area contributed by atoms with Crippen molar-refractivity contribution in [1.29, 1.82) is 0 Å². The highest BCUT2D eigenvalue weighted by atomic mass is 79.9. The van der Waals surface area contributed by atoms with Crippen molar-refractivity contribution in [3.05, 3.63) is 51.3 Å². The molecule has 1 heterocycles. The van der Waals surface area contributed by atoms with E-state index in [0.29, 0.717) is 45.4 Å². The van der Waals surface area contributed by atoms with Gasteiger partial charge in [0.05, 0.1) is 35.4 Å². The predicted molar refractivity (Wildman–Crippen MR) is 130 cm³/mol. The molecule has 0 unspecified atom stereocenters. The van der Waals surface area contributed by atoms with E-state index in [1.165, 1.54) is 16.7 Å². The number of carbonyl (C=O) groups is 1. The van der Waals surface area contributed by atoms with E-state index in [2.05, 4.69) is 15.9 Å². The van der Waals surface area contributed by atoms with E-state index in [1.807, 2.05) is 50.3 Å². The van der Waals surface area contributed by atoms with Crippen molar-refractivity contribution in [2.24, 2.45) is 0 Å². The standard InChI is InChI=1S/C22H22BrNO4S2/c1-4-10-28-20-15(23)11-14(12-18(20)27-5-2)13-19-21(25)24(22(29)30-19)16-8-6-7-9-17(16)26-3/h6-9,11-13H,4-5,10H2,1-3H3/b19-13-. The van der Waals surface area contributed by atoms with Gasteiger partial charge in [-0.05, 0) is 65.2 Å². The van der Waals surface area contributed by atoms with Crippen LogP contribution in [0.2, 0.25) is 0 Å². The number of benzene rings is 2. The molecule has 0 aliphatic carbocycles. The Labute approximate surface area is 194 Å². The quantitative estimate of drug-likeness (QED) is 0.320. The molecule has 1 aliphatic heterocycles. The van der Waals surface area contributed by atoms with Crippen molar-refractivity contribution < 1.29 is 19.0 Å². The Morgan fingerprint density at radius 1 is 1.17 bits per heavy atom. The molecule has 5 nitrogen and oxygen atoms in total. The van der Waals surface area contributed by atoms with E-state index in [9.17, 15) is 4.79 Å². The SMILES string of the molecule is CCCOc1c(Br)cc(/C=C2\SC(=S)N(c3ccccc3OC)C2=O)cc1OCC. The van der Waals surface area contributed by atoms with Gasteiger partial charge in [-0.25, -0.2) is 0 Å². The highest BCUT2D eigenvalue weighted by molar-refractivity contribution is 9.10. The van der Waals surface area contributed by atoms with Gasteiger partial charge in [-0.3, -0.25) is 9.69 Å². The van der Waals surface area contributed by atoms with E-state index in [1.54, 1.807) is 13.2 Å². The molecule has 2 aromatic carbocycles. The summed E-state index contributed by atoms with van der Waals surface area (Å²) in [7, 11) is 1.57. The number of halogens is 1. The van der Waals surface area contributed by atoms with Gasteiger partial charge in [0.25, 0.3) is 5.91 Å². The maximum absolute atomic E-state index is 13.1. The van der Waals surface area contributed by atoms with Gasteiger partial charge >= 0.3 is 0 Å². The van der Waals surface area contributed by atoms with Gasteiger partial charge in [0.2, 0.25) is 0 Å². The molecule has 8 heteroatoms. The number of para-hydroxylation sites is 2. The predicted octanol–water partition coefficient (Wildman–Crippen LogP) is 6.05. The first-order valence-corrected chi connectivity index (χ1v) is 11.5. The topological polar surface area (TPSA) is 48.0 Å². The summed E-state index contributed by atoms with van der Waals surface area (Å²) in [5.41, 5.74) is 1.44. The van der Waals surface area contributed by atoms with Crippen LogP contribution in [0.1, 0.15) is 25.8 Å². The second-order valence-electron chi connectivity index (χ2n) is 6.30. The number of hydrogen-bond acceptors (Lipinski definition) is 6. The molecule has 1 fully saturated rings. The van der Waals surface area contributed by atoms with Crippen LogP contribution >= 0.6 is 39.9 Å². The molecule has 0 radical (unpaired) electrons. The van der Waals surface area contributed by atoms with Gasteiger partial charge in [-0.15, -0.1) is 0 Å². The molecule has 0 bridgehead atoms. The molecule has 0 N–H and O–H groups in total. The summed E-state index contributed by atoms with van der Waals surface area (Å²) >= 11 is 10.3. The highest BCUT2D eigenvalue weighted by Crippen LogP contribution is 2.42. The van der Waals surface area contributed by atoms with Crippen LogP contribution in [0.15, 0.2) is 45.8 Å². The molecule has 3 rings (SSSR count). The Hall–Kier alpha value is -2.03. The third-order valence-electron chi connectivity index (χ3n) is 4.20. The van der Waals surface area contributed by atoms with Crippen LogP contribution in [0.3, 0.4) is 0 Å². The van der Waals surface area contributed by atoms with Crippen molar-refractivity contribution >= 4 is 61.9 Å². The fraction of sp³-hybridized carbons (Fsp3) is 0.273. The fourth-order valence-corrected chi connectivity index (χ4v) is 4.78. The van der Waals surface area contributed by atoms with Gasteiger partial charge in [0, 0.05) is 0 Å². The summed E-state index contributed by atoms with van der Waals surface area (Å²) in [4.78, 5) is 15.2. The van der Waals surface area contributed by atoms with E-state index in [4.69, 9.17) is 26.4 Å². The average molecular weight is 508 g/mol. The van der Waals surface area contributed by atoms with Crippen LogP contribution in [0.4, 0.5) is 5.69 Å². The van der Waals surface area contributed by atoms with Crippen molar-refractivity contribution in [3.8, 4) is 17.2 Å². The lowest BCUT2D eigenvalue weighted by molar-refractivity contribution is -0.113. The summed E-state index contributed by atoms with van der Waals surface area (Å²) in [5, 5.41) is 0. The van der Waals surface area contributed by atoms with Crippen LogP contribution in [0.5, 0.6) is 17.2 Å². The molecule has 158 valence electrons. The number of amides is 1. The molecule has 0 saturated carbocycles. The minimum atomic E-state index is -0.185. The van der Waals surface area contributed by atoms with Gasteiger partial charge in [0.15, 0.2) is 15.8 Å². The number of carbonyl (C=O) groups excluding carboxylic acids is 1. The minimum absolute atomic E-state index is 0.185. The number of ether oxygens (including phenoxy) is 3. The van der Waals surface area contributed by atoms with E-state index >= 15 is 0 Å². The van der Waals surface area contributed by atoms with Crippen molar-refractivity contribution in [3.63, 3.8) is 0 Å². The van der Waals surface area contributed by atoms with E-state index in [0.717, 1.165) is 16.5 Å². The molecular formula is C22H22BrNO4S2. The molecule has 30 heavy (non-hydrogen) atoms. The third-order valence-corrected chi connectivity index (χ3v) is 6.09. The lowest BCUT2D eigenvalue weighted by Gasteiger charge is -2.17. The Morgan fingerprint density at radius 2 is 1.93 bits per heavy atom. The molecule has 1 aliphatic rings. The van der Waals surface area contributed by atoms with Gasteiger partial charge in [-0.1, -0.05) is 43.0 Å². The maximum atomic E-state index is 13.1. The molecule has 0 atom stereocenters. The molecule has 1 amide bonds. The van der Waals surface area contributed by atoms with Crippen LogP contribution in [0, 0.1) is 0 Å². The van der Waals surface area contributed by atoms with Crippen LogP contribution < -0.4 is 19.1 Å². The minimum Gasteiger partial charge on any atom is -0.495 e. The summed E-state index contributed by atoms with van der Waals surface area (Å²) in [6.07, 6.45) is 2.71. The fourth-order valence-electron chi connectivity index (χ4n) is 2.92. The monoisotopic (exact) mass is 507 g/mol. The Kier molecular flexibility index (Phi) is 7.80. The Balaban J connectivity index is 1.95. The number of nitrogens with zero attached hydrogens (tertiary/aromatic N) is 1. The summed E-state index contributed by atoms with van der Waals surface area (Å²) in [6, 6.07) is 11.1. The summed E-state index contributed by atoms with van der Waals surface area (Å²) in [5.74, 6) is 1.70. The molecule has 0 spiro atoms. The average Bonchev–Trinajstić information content (AvgIpc) is 3.00. The van der Waals surface area contributed by atoms with E-state index < -0.39 is 0 Å². The zero-order valence-corrected chi connectivity index (χ0v) is 20.2. The lowest BCUT2D eigenvalue weighted by Crippen LogP contribution is -2.27. The Morgan fingerprint density at radius 3 is 2.63 bits per heavy atom. The van der Waals surface area contributed by atoms with Crippen molar-refractivity contribution in [1.82, 2.24) is 0 Å². The molecular weight excluding hydrogens is 486 g/mol. The maximum Gasteiger partial charge on any atom is 0.270 e. The first-order valence-electron chi connectivity index (χ1n) is 9.50. The summed E-state index contributed by atoms with van der Waals surface area (Å²) < 4.78 is 18.2. The highest BCUT2D eigenvalue weighted by Gasteiger charge is 2.34. The molecule has 2 aromatic rings. The smallest absolute Gasteiger partial charge is 0.270 e. The van der Waals surface area contributed by atoms with Crippen LogP contribution in [-0.4, -0.2) is 30.6 Å². The zero-order chi connectivity index (χ0) is 21.7. The van der Waals surface area contributed by atoms with Crippen LogP contribution in [-0.2, 0) is 4.79 Å². The number of rotatable bonds is 8. The normalized spacial score (nSPS) is 15.1.